The van der Waals surface area contributed by atoms with Crippen LogP contribution >= 0.6 is 23.2 Å². The van der Waals surface area contributed by atoms with Crippen molar-refractivity contribution in [1.29, 1.82) is 0 Å². The summed E-state index contributed by atoms with van der Waals surface area (Å²) < 4.78 is 27.4. The molecule has 0 aromatic heterocycles. The van der Waals surface area contributed by atoms with Gasteiger partial charge in [0.25, 0.3) is 0 Å². The van der Waals surface area contributed by atoms with E-state index in [1.165, 1.54) is 0 Å². The zero-order chi connectivity index (χ0) is 14.1. The maximum atomic E-state index is 11.7. The number of carbonyl (C=O) groups is 1. The lowest BCUT2D eigenvalue weighted by molar-refractivity contribution is 0.0378. The van der Waals surface area contributed by atoms with Gasteiger partial charge in [-0.1, -0.05) is 23.2 Å². The van der Waals surface area contributed by atoms with Gasteiger partial charge in [0.05, 0.1) is 26.6 Å². The Kier molecular flexibility index (Phi) is 4.61. The fourth-order valence-electron chi connectivity index (χ4n) is 1.15. The third-order valence-electron chi connectivity index (χ3n) is 1.89. The highest BCUT2D eigenvalue weighted by molar-refractivity contribution is 7.89. The number of carbonyl (C=O) groups excluding carboxylic acids is 1. The molecule has 0 unspecified atom stereocenters. The molecule has 2 N–H and O–H groups in total. The van der Waals surface area contributed by atoms with Gasteiger partial charge >= 0.3 is 5.97 Å². The third kappa shape index (κ3) is 3.58. The molecule has 0 bridgehead atoms. The van der Waals surface area contributed by atoms with Gasteiger partial charge in [-0.3, -0.25) is 0 Å². The van der Waals surface area contributed by atoms with Crippen LogP contribution in [-0.4, -0.2) is 20.5 Å². The summed E-state index contributed by atoms with van der Waals surface area (Å²) in [6.45, 7) is 3.30. The number of esters is 1. The number of hydrogen-bond donors (Lipinski definition) is 1. The van der Waals surface area contributed by atoms with E-state index in [0.717, 1.165) is 12.1 Å². The van der Waals surface area contributed by atoms with E-state index in [-0.39, 0.29) is 26.6 Å². The fourth-order valence-corrected chi connectivity index (χ4v) is 2.19. The van der Waals surface area contributed by atoms with E-state index in [0.29, 0.717) is 0 Å². The summed E-state index contributed by atoms with van der Waals surface area (Å²) in [6.07, 6.45) is -0.370. The lowest BCUT2D eigenvalue weighted by Crippen LogP contribution is -2.16. The van der Waals surface area contributed by atoms with Crippen molar-refractivity contribution in [3.8, 4) is 0 Å². The van der Waals surface area contributed by atoms with Crippen molar-refractivity contribution >= 4 is 39.2 Å². The first-order chi connectivity index (χ1) is 8.12. The molecular formula is C10H11Cl2NO4S. The summed E-state index contributed by atoms with van der Waals surface area (Å²) in [5.41, 5.74) is -0.137. The van der Waals surface area contributed by atoms with Crippen LogP contribution in [0.5, 0.6) is 0 Å². The number of rotatable bonds is 3. The van der Waals surface area contributed by atoms with Gasteiger partial charge < -0.3 is 4.74 Å². The van der Waals surface area contributed by atoms with E-state index in [4.69, 9.17) is 33.1 Å². The molecule has 0 spiro atoms. The summed E-state index contributed by atoms with van der Waals surface area (Å²) >= 11 is 11.6. The van der Waals surface area contributed by atoms with Crippen LogP contribution in [0.25, 0.3) is 0 Å². The quantitative estimate of drug-likeness (QED) is 0.867. The molecule has 0 radical (unpaired) electrons. The van der Waals surface area contributed by atoms with Gasteiger partial charge in [-0.05, 0) is 26.0 Å². The van der Waals surface area contributed by atoms with Crippen LogP contribution in [0.1, 0.15) is 24.2 Å². The number of halogens is 2. The van der Waals surface area contributed by atoms with Gasteiger partial charge in [-0.15, -0.1) is 0 Å². The minimum atomic E-state index is -3.98. The van der Waals surface area contributed by atoms with E-state index < -0.39 is 16.0 Å². The van der Waals surface area contributed by atoms with Gasteiger partial charge in [0.1, 0.15) is 0 Å². The molecule has 0 aliphatic heterocycles. The minimum absolute atomic E-state index is 0.0743. The Morgan fingerprint density at radius 1 is 1.33 bits per heavy atom. The van der Waals surface area contributed by atoms with Crippen molar-refractivity contribution in [2.75, 3.05) is 0 Å². The number of nitrogens with two attached hydrogens (primary N) is 1. The van der Waals surface area contributed by atoms with Gasteiger partial charge in [-0.2, -0.15) is 0 Å². The standard InChI is InChI=1S/C10H11Cl2NO4S/c1-5(2)17-10(14)7-3-6(18(13,15)16)4-8(11)9(7)12/h3-5H,1-2H3,(H2,13,15,16). The SMILES string of the molecule is CC(C)OC(=O)c1cc(S(N)(=O)=O)cc(Cl)c1Cl. The van der Waals surface area contributed by atoms with Crippen molar-refractivity contribution in [3.63, 3.8) is 0 Å². The molecule has 1 rings (SSSR count). The average molecular weight is 312 g/mol. The Hall–Kier alpha value is -0.820. The predicted molar refractivity (Wildman–Crippen MR) is 68.4 cm³/mol. The molecule has 0 fully saturated rings. The third-order valence-corrected chi connectivity index (χ3v) is 3.59. The maximum Gasteiger partial charge on any atom is 0.340 e. The van der Waals surface area contributed by atoms with E-state index >= 15 is 0 Å². The second-order valence-corrected chi connectivity index (χ2v) is 6.11. The Labute approximate surface area is 115 Å². The summed E-state index contributed by atoms with van der Waals surface area (Å²) in [7, 11) is -3.98. The molecule has 1 aromatic rings. The van der Waals surface area contributed by atoms with Crippen molar-refractivity contribution in [1.82, 2.24) is 0 Å². The van der Waals surface area contributed by atoms with Crippen LogP contribution in [0.4, 0.5) is 0 Å². The molecular weight excluding hydrogens is 301 g/mol. The van der Waals surface area contributed by atoms with E-state index in [1.54, 1.807) is 13.8 Å². The number of primary sulfonamides is 1. The molecule has 0 atom stereocenters. The first-order valence-corrected chi connectivity index (χ1v) is 7.16. The molecule has 100 valence electrons. The Morgan fingerprint density at radius 2 is 1.89 bits per heavy atom. The number of sulfonamides is 1. The summed E-state index contributed by atoms with van der Waals surface area (Å²) in [4.78, 5) is 11.4. The van der Waals surface area contributed by atoms with Crippen molar-refractivity contribution in [3.05, 3.63) is 27.7 Å². The molecule has 18 heavy (non-hydrogen) atoms. The highest BCUT2D eigenvalue weighted by Crippen LogP contribution is 2.29. The lowest BCUT2D eigenvalue weighted by Gasteiger charge is -2.11. The number of ether oxygens (including phenoxy) is 1. The molecule has 8 heteroatoms. The van der Waals surface area contributed by atoms with Crippen molar-refractivity contribution < 1.29 is 17.9 Å². The second-order valence-electron chi connectivity index (χ2n) is 3.77. The maximum absolute atomic E-state index is 11.7. The number of benzene rings is 1. The molecule has 0 aliphatic rings. The van der Waals surface area contributed by atoms with Gasteiger partial charge in [0.2, 0.25) is 10.0 Å². The zero-order valence-corrected chi connectivity index (χ0v) is 11.9. The molecule has 1 aromatic carbocycles. The van der Waals surface area contributed by atoms with Crippen LogP contribution in [0, 0.1) is 0 Å². The highest BCUT2D eigenvalue weighted by atomic mass is 35.5. The van der Waals surface area contributed by atoms with Crippen LogP contribution in [0.15, 0.2) is 17.0 Å². The molecule has 0 saturated carbocycles. The first-order valence-electron chi connectivity index (χ1n) is 4.85. The minimum Gasteiger partial charge on any atom is -0.459 e. The Bertz CT molecular complexity index is 584. The molecule has 0 heterocycles. The van der Waals surface area contributed by atoms with Crippen LogP contribution in [-0.2, 0) is 14.8 Å². The van der Waals surface area contributed by atoms with Crippen LogP contribution in [0.2, 0.25) is 10.0 Å². The number of hydrogen-bond acceptors (Lipinski definition) is 4. The molecule has 0 amide bonds. The van der Waals surface area contributed by atoms with Crippen molar-refractivity contribution in [2.45, 2.75) is 24.8 Å². The lowest BCUT2D eigenvalue weighted by atomic mass is 10.2. The summed E-state index contributed by atoms with van der Waals surface area (Å²) in [5.74, 6) is -0.762. The van der Waals surface area contributed by atoms with Gasteiger partial charge in [-0.25, -0.2) is 18.4 Å². The zero-order valence-electron chi connectivity index (χ0n) is 9.61. The second kappa shape index (κ2) is 5.44. The van der Waals surface area contributed by atoms with Crippen molar-refractivity contribution in [2.24, 2.45) is 5.14 Å². The highest BCUT2D eigenvalue weighted by Gasteiger charge is 2.20. The molecule has 0 saturated heterocycles. The van der Waals surface area contributed by atoms with E-state index in [9.17, 15) is 13.2 Å². The monoisotopic (exact) mass is 311 g/mol. The smallest absolute Gasteiger partial charge is 0.340 e. The topological polar surface area (TPSA) is 86.5 Å². The van der Waals surface area contributed by atoms with E-state index in [1.807, 2.05) is 0 Å². The normalized spacial score (nSPS) is 11.7. The summed E-state index contributed by atoms with van der Waals surface area (Å²) in [6, 6.07) is 2.11. The van der Waals surface area contributed by atoms with Crippen LogP contribution < -0.4 is 5.14 Å². The summed E-state index contributed by atoms with van der Waals surface area (Å²) in [5, 5.41) is 4.81. The van der Waals surface area contributed by atoms with E-state index in [2.05, 4.69) is 0 Å². The Balaban J connectivity index is 3.36. The Morgan fingerprint density at radius 3 is 2.33 bits per heavy atom. The molecule has 0 aliphatic carbocycles. The largest absolute Gasteiger partial charge is 0.459 e. The first kappa shape index (κ1) is 15.2. The van der Waals surface area contributed by atoms with Gasteiger partial charge in [0.15, 0.2) is 0 Å². The van der Waals surface area contributed by atoms with Crippen LogP contribution in [0.3, 0.4) is 0 Å². The average Bonchev–Trinajstić information content (AvgIpc) is 2.18. The van der Waals surface area contributed by atoms with Gasteiger partial charge in [0, 0.05) is 0 Å². The predicted octanol–water partition coefficient (Wildman–Crippen LogP) is 2.21. The molecule has 5 nitrogen and oxygen atoms in total. The fraction of sp³-hybridized carbons (Fsp3) is 0.300.